The minimum Gasteiger partial charge on any atom is -0.495 e. The molecule has 0 unspecified atom stereocenters. The van der Waals surface area contributed by atoms with Crippen LogP contribution in [0, 0.1) is 6.92 Å². The molecule has 3 nitrogen and oxygen atoms in total. The van der Waals surface area contributed by atoms with Crippen molar-refractivity contribution in [2.24, 2.45) is 0 Å². The Labute approximate surface area is 137 Å². The molecule has 2 aromatic rings. The first kappa shape index (κ1) is 15.9. The van der Waals surface area contributed by atoms with Gasteiger partial charge in [0.25, 0.3) is 0 Å². The van der Waals surface area contributed by atoms with Crippen molar-refractivity contribution in [2.45, 2.75) is 6.92 Å². The third-order valence-corrected chi connectivity index (χ3v) is 3.76. The van der Waals surface area contributed by atoms with E-state index in [0.29, 0.717) is 22.1 Å². The second-order valence-electron chi connectivity index (χ2n) is 4.47. The predicted octanol–water partition coefficient (Wildman–Crippen LogP) is 4.68. The predicted molar refractivity (Wildman–Crippen MR) is 86.7 cm³/mol. The van der Waals surface area contributed by atoms with Crippen molar-refractivity contribution in [3.63, 3.8) is 0 Å². The third-order valence-electron chi connectivity index (χ3n) is 2.97. The van der Waals surface area contributed by atoms with Crippen molar-refractivity contribution in [3.05, 3.63) is 57.0 Å². The summed E-state index contributed by atoms with van der Waals surface area (Å²) < 4.78 is 11.6. The summed E-state index contributed by atoms with van der Waals surface area (Å²) in [6.07, 6.45) is 0. The van der Waals surface area contributed by atoms with E-state index in [9.17, 15) is 4.79 Å². The highest BCUT2D eigenvalue weighted by atomic mass is 79.9. The molecule has 0 atom stereocenters. The van der Waals surface area contributed by atoms with E-state index in [1.165, 1.54) is 7.11 Å². The van der Waals surface area contributed by atoms with Crippen molar-refractivity contribution in [1.29, 1.82) is 0 Å². The Morgan fingerprint density at radius 3 is 2.52 bits per heavy atom. The average Bonchev–Trinajstić information content (AvgIpc) is 2.46. The van der Waals surface area contributed by atoms with Crippen LogP contribution in [-0.4, -0.2) is 19.5 Å². The lowest BCUT2D eigenvalue weighted by Crippen LogP contribution is -2.12. The van der Waals surface area contributed by atoms with Crippen LogP contribution in [0.15, 0.2) is 40.9 Å². The van der Waals surface area contributed by atoms with E-state index in [-0.39, 0.29) is 12.4 Å². The summed E-state index contributed by atoms with van der Waals surface area (Å²) in [6.45, 7) is 1.89. The Kier molecular flexibility index (Phi) is 5.26. The second-order valence-corrected chi connectivity index (χ2v) is 5.79. The van der Waals surface area contributed by atoms with E-state index >= 15 is 0 Å². The van der Waals surface area contributed by atoms with E-state index in [2.05, 4.69) is 15.9 Å². The zero-order valence-electron chi connectivity index (χ0n) is 11.7. The molecule has 0 bridgehead atoms. The van der Waals surface area contributed by atoms with Crippen molar-refractivity contribution < 1.29 is 14.3 Å². The minimum atomic E-state index is -0.137. The van der Waals surface area contributed by atoms with Gasteiger partial charge in [-0.05, 0) is 48.9 Å². The van der Waals surface area contributed by atoms with Crippen LogP contribution in [0.2, 0.25) is 5.02 Å². The molecule has 0 aromatic heterocycles. The van der Waals surface area contributed by atoms with Crippen molar-refractivity contribution in [2.75, 3.05) is 13.7 Å². The molecule has 2 aromatic carbocycles. The van der Waals surface area contributed by atoms with Gasteiger partial charge in [0.05, 0.1) is 12.1 Å². The van der Waals surface area contributed by atoms with E-state index in [4.69, 9.17) is 21.1 Å². The van der Waals surface area contributed by atoms with Gasteiger partial charge >= 0.3 is 0 Å². The van der Waals surface area contributed by atoms with Gasteiger partial charge in [-0.3, -0.25) is 4.79 Å². The van der Waals surface area contributed by atoms with Crippen LogP contribution in [0.25, 0.3) is 0 Å². The average molecular weight is 370 g/mol. The molecule has 0 aliphatic carbocycles. The molecule has 0 radical (unpaired) electrons. The normalized spacial score (nSPS) is 10.3. The lowest BCUT2D eigenvalue weighted by molar-refractivity contribution is 0.0921. The van der Waals surface area contributed by atoms with Crippen LogP contribution in [0.1, 0.15) is 15.9 Å². The first-order chi connectivity index (χ1) is 10.0. The second kappa shape index (κ2) is 6.96. The molecule has 5 heteroatoms. The number of carbonyl (C=O) groups is 1. The zero-order valence-corrected chi connectivity index (χ0v) is 14.0. The quantitative estimate of drug-likeness (QED) is 0.718. The first-order valence-corrected chi connectivity index (χ1v) is 7.44. The molecule has 0 saturated carbocycles. The van der Waals surface area contributed by atoms with Crippen molar-refractivity contribution in [1.82, 2.24) is 0 Å². The van der Waals surface area contributed by atoms with Crippen LogP contribution in [-0.2, 0) is 0 Å². The van der Waals surface area contributed by atoms with Gasteiger partial charge in [0, 0.05) is 10.0 Å². The number of aryl methyl sites for hydroxylation is 1. The topological polar surface area (TPSA) is 35.5 Å². The summed E-state index contributed by atoms with van der Waals surface area (Å²) in [5, 5.41) is 0.406. The summed E-state index contributed by atoms with van der Waals surface area (Å²) in [5.74, 6) is 1.09. The Bertz CT molecular complexity index is 671. The number of methoxy groups -OCH3 is 1. The molecule has 0 spiro atoms. The lowest BCUT2D eigenvalue weighted by atomic mass is 10.1. The Hall–Kier alpha value is -1.52. The highest BCUT2D eigenvalue weighted by molar-refractivity contribution is 9.10. The van der Waals surface area contributed by atoms with E-state index in [1.807, 2.05) is 25.1 Å². The fraction of sp³-hybridized carbons (Fsp3) is 0.188. The third kappa shape index (κ3) is 3.99. The van der Waals surface area contributed by atoms with Crippen LogP contribution in [0.5, 0.6) is 11.5 Å². The molecule has 0 heterocycles. The van der Waals surface area contributed by atoms with E-state index in [1.54, 1.807) is 18.2 Å². The molecular weight excluding hydrogens is 356 g/mol. The van der Waals surface area contributed by atoms with Gasteiger partial charge in [0.2, 0.25) is 0 Å². The maximum Gasteiger partial charge on any atom is 0.200 e. The molecule has 110 valence electrons. The summed E-state index contributed by atoms with van der Waals surface area (Å²) in [5.41, 5.74) is 1.46. The number of hydrogen-bond donors (Lipinski definition) is 0. The number of Topliss-reactive ketones (excluding diaryl/α,β-unsaturated/α-hetero) is 1. The van der Waals surface area contributed by atoms with Gasteiger partial charge in [-0.2, -0.15) is 0 Å². The Morgan fingerprint density at radius 1 is 1.19 bits per heavy atom. The smallest absolute Gasteiger partial charge is 0.200 e. The number of hydrogen-bond acceptors (Lipinski definition) is 3. The highest BCUT2D eigenvalue weighted by Crippen LogP contribution is 2.26. The molecular formula is C16H14BrClO3. The molecule has 0 aliphatic rings. The lowest BCUT2D eigenvalue weighted by Gasteiger charge is -2.09. The largest absolute Gasteiger partial charge is 0.495 e. The van der Waals surface area contributed by atoms with Gasteiger partial charge in [-0.1, -0.05) is 27.5 Å². The SMILES string of the molecule is COc1ccc(C(=O)COc2ccc(Br)cc2C)cc1Cl. The summed E-state index contributed by atoms with van der Waals surface area (Å²) in [6, 6.07) is 10.6. The van der Waals surface area contributed by atoms with Crippen LogP contribution in [0.3, 0.4) is 0 Å². The minimum absolute atomic E-state index is 0.0366. The van der Waals surface area contributed by atoms with Gasteiger partial charge in [-0.15, -0.1) is 0 Å². The number of carbonyl (C=O) groups excluding carboxylic acids is 1. The fourth-order valence-corrected chi connectivity index (χ4v) is 2.57. The first-order valence-electron chi connectivity index (χ1n) is 6.27. The van der Waals surface area contributed by atoms with Gasteiger partial charge in [0.1, 0.15) is 11.5 Å². The van der Waals surface area contributed by atoms with Crippen molar-refractivity contribution >= 4 is 33.3 Å². The summed E-state index contributed by atoms with van der Waals surface area (Å²) in [7, 11) is 1.53. The molecule has 21 heavy (non-hydrogen) atoms. The molecule has 0 aliphatic heterocycles. The molecule has 0 saturated heterocycles. The monoisotopic (exact) mass is 368 g/mol. The standard InChI is InChI=1S/C16H14BrClO3/c1-10-7-12(17)4-6-15(10)21-9-14(19)11-3-5-16(20-2)13(18)8-11/h3-8H,9H2,1-2H3. The number of rotatable bonds is 5. The van der Waals surface area contributed by atoms with Crippen LogP contribution < -0.4 is 9.47 Å². The van der Waals surface area contributed by atoms with E-state index in [0.717, 1.165) is 10.0 Å². The Balaban J connectivity index is 2.06. The fourth-order valence-electron chi connectivity index (χ4n) is 1.84. The van der Waals surface area contributed by atoms with Gasteiger partial charge < -0.3 is 9.47 Å². The molecule has 2 rings (SSSR count). The number of benzene rings is 2. The zero-order chi connectivity index (χ0) is 15.4. The van der Waals surface area contributed by atoms with Crippen molar-refractivity contribution in [3.8, 4) is 11.5 Å². The number of halogens is 2. The van der Waals surface area contributed by atoms with E-state index < -0.39 is 0 Å². The maximum atomic E-state index is 12.1. The molecule has 0 amide bonds. The summed E-state index contributed by atoms with van der Waals surface area (Å²) in [4.78, 5) is 12.1. The number of ether oxygens (including phenoxy) is 2. The highest BCUT2D eigenvalue weighted by Gasteiger charge is 2.11. The van der Waals surface area contributed by atoms with Gasteiger partial charge in [0.15, 0.2) is 12.4 Å². The summed E-state index contributed by atoms with van der Waals surface area (Å²) >= 11 is 9.40. The molecule has 0 N–H and O–H groups in total. The van der Waals surface area contributed by atoms with Gasteiger partial charge in [-0.25, -0.2) is 0 Å². The Morgan fingerprint density at radius 2 is 1.90 bits per heavy atom. The molecule has 0 fully saturated rings. The van der Waals surface area contributed by atoms with Crippen LogP contribution >= 0.6 is 27.5 Å². The maximum absolute atomic E-state index is 12.1. The number of ketones is 1. The van der Waals surface area contributed by atoms with Crippen LogP contribution in [0.4, 0.5) is 0 Å².